The van der Waals surface area contributed by atoms with E-state index in [1.54, 1.807) is 0 Å². The summed E-state index contributed by atoms with van der Waals surface area (Å²) in [5.74, 6) is 0. The number of hydrogen-bond acceptors (Lipinski definition) is 3. The Bertz CT molecular complexity index is 281. The van der Waals surface area contributed by atoms with Gasteiger partial charge in [-0.3, -0.25) is 0 Å². The molecule has 2 aliphatic rings. The van der Waals surface area contributed by atoms with Gasteiger partial charge in [-0.15, -0.1) is 10.2 Å². The van der Waals surface area contributed by atoms with Crippen molar-refractivity contribution in [2.75, 3.05) is 0 Å². The quantitative estimate of drug-likeness (QED) is 0.485. The van der Waals surface area contributed by atoms with Crippen molar-refractivity contribution in [1.82, 2.24) is 0 Å². The predicted octanol–water partition coefficient (Wildman–Crippen LogP) is 2.04. The van der Waals surface area contributed by atoms with Crippen LogP contribution in [0, 0.1) is 0 Å². The Morgan fingerprint density at radius 1 is 1.40 bits per heavy atom. The molecule has 1 aliphatic carbocycles. The highest BCUT2D eigenvalue weighted by atomic mass is 15.4. The number of nitrogens with zero attached hydrogens (tertiary/aromatic N) is 3. The molecule has 10 heavy (non-hydrogen) atoms. The molecule has 1 aliphatic heterocycles. The average Bonchev–Trinajstić information content (AvgIpc) is 2.33. The first-order valence-corrected chi connectivity index (χ1v) is 3.22. The third kappa shape index (κ3) is 0.708. The minimum absolute atomic E-state index is 0.902. The van der Waals surface area contributed by atoms with Crippen LogP contribution in [-0.4, -0.2) is 5.71 Å². The van der Waals surface area contributed by atoms with E-state index in [0.29, 0.717) is 0 Å². The molecule has 2 rings (SSSR count). The van der Waals surface area contributed by atoms with E-state index in [0.717, 1.165) is 17.8 Å². The molecule has 0 fully saturated rings. The molecule has 3 heteroatoms. The Kier molecular flexibility index (Phi) is 1.03. The van der Waals surface area contributed by atoms with Crippen molar-refractivity contribution in [1.29, 1.82) is 0 Å². The summed E-state index contributed by atoms with van der Waals surface area (Å²) in [5, 5.41) is 11.3. The molecule has 0 radical (unpaired) electrons. The van der Waals surface area contributed by atoms with Gasteiger partial charge in [0.25, 0.3) is 0 Å². The zero-order valence-electron chi connectivity index (χ0n) is 5.70. The van der Waals surface area contributed by atoms with Crippen LogP contribution in [0.2, 0.25) is 0 Å². The van der Waals surface area contributed by atoms with Gasteiger partial charge in [0.1, 0.15) is 5.70 Å². The zero-order chi connectivity index (χ0) is 6.97. The lowest BCUT2D eigenvalue weighted by molar-refractivity contribution is 1.09. The number of allylic oxidation sites excluding steroid dienone is 4. The second-order valence-electron chi connectivity index (χ2n) is 2.48. The summed E-state index contributed by atoms with van der Waals surface area (Å²) in [6.45, 7) is 2.08. The van der Waals surface area contributed by atoms with Gasteiger partial charge >= 0.3 is 0 Å². The van der Waals surface area contributed by atoms with Gasteiger partial charge in [-0.25, -0.2) is 0 Å². The van der Waals surface area contributed by atoms with E-state index in [9.17, 15) is 0 Å². The van der Waals surface area contributed by atoms with Gasteiger partial charge in [-0.2, -0.15) is 0 Å². The summed E-state index contributed by atoms with van der Waals surface area (Å²) in [6, 6.07) is 0. The minimum atomic E-state index is 0.902. The van der Waals surface area contributed by atoms with E-state index in [1.807, 2.05) is 6.08 Å². The SMILES string of the molecule is CC1=CC=C2N=NN=C2C1. The molecule has 1 heterocycles. The minimum Gasteiger partial charge on any atom is -0.133 e. The highest BCUT2D eigenvalue weighted by Gasteiger charge is 2.14. The summed E-state index contributed by atoms with van der Waals surface area (Å²) in [6.07, 6.45) is 4.91. The van der Waals surface area contributed by atoms with Crippen molar-refractivity contribution in [2.45, 2.75) is 13.3 Å². The summed E-state index contributed by atoms with van der Waals surface area (Å²) in [7, 11) is 0. The maximum Gasteiger partial charge on any atom is 0.111 e. The van der Waals surface area contributed by atoms with Crippen LogP contribution in [0.4, 0.5) is 0 Å². The monoisotopic (exact) mass is 133 g/mol. The maximum absolute atomic E-state index is 3.87. The lowest BCUT2D eigenvalue weighted by Gasteiger charge is -2.04. The lowest BCUT2D eigenvalue weighted by Crippen LogP contribution is -2.01. The molecule has 0 unspecified atom stereocenters. The van der Waals surface area contributed by atoms with Gasteiger partial charge in [-0.05, 0) is 18.2 Å². The van der Waals surface area contributed by atoms with Gasteiger partial charge in [0, 0.05) is 6.42 Å². The first kappa shape index (κ1) is 5.53. The standard InChI is InChI=1S/C7H7N3/c1-5-2-3-6-7(4-5)9-10-8-6/h2-3H,4H2,1H3. The maximum atomic E-state index is 3.87. The van der Waals surface area contributed by atoms with Gasteiger partial charge in [0.2, 0.25) is 0 Å². The topological polar surface area (TPSA) is 37.1 Å². The van der Waals surface area contributed by atoms with E-state index >= 15 is 0 Å². The molecule has 0 bridgehead atoms. The Morgan fingerprint density at radius 3 is 3.20 bits per heavy atom. The highest BCUT2D eigenvalue weighted by molar-refractivity contribution is 6.03. The number of rotatable bonds is 0. The van der Waals surface area contributed by atoms with Crippen LogP contribution in [-0.2, 0) is 0 Å². The van der Waals surface area contributed by atoms with Crippen molar-refractivity contribution in [2.24, 2.45) is 15.4 Å². The second-order valence-corrected chi connectivity index (χ2v) is 2.48. The molecule has 3 nitrogen and oxygen atoms in total. The van der Waals surface area contributed by atoms with Crippen molar-refractivity contribution in [3.05, 3.63) is 23.4 Å². The largest absolute Gasteiger partial charge is 0.133 e. The summed E-state index contributed by atoms with van der Waals surface area (Å²) in [5.41, 5.74) is 3.24. The molecule has 0 spiro atoms. The van der Waals surface area contributed by atoms with Crippen LogP contribution in [0.15, 0.2) is 38.9 Å². The summed E-state index contributed by atoms with van der Waals surface area (Å²) < 4.78 is 0. The fourth-order valence-corrected chi connectivity index (χ4v) is 1.03. The molecule has 0 atom stereocenters. The highest BCUT2D eigenvalue weighted by Crippen LogP contribution is 2.20. The van der Waals surface area contributed by atoms with Crippen LogP contribution in [0.5, 0.6) is 0 Å². The predicted molar refractivity (Wildman–Crippen MR) is 38.7 cm³/mol. The molecular formula is C7H7N3. The Morgan fingerprint density at radius 2 is 2.30 bits per heavy atom. The van der Waals surface area contributed by atoms with Crippen LogP contribution < -0.4 is 0 Å². The molecule has 50 valence electrons. The molecule has 0 aromatic carbocycles. The van der Waals surface area contributed by atoms with E-state index in [1.165, 1.54) is 5.57 Å². The molecule has 0 amide bonds. The number of fused-ring (bicyclic) bond motifs is 1. The van der Waals surface area contributed by atoms with Crippen molar-refractivity contribution in [3.8, 4) is 0 Å². The Hall–Kier alpha value is -1.25. The lowest BCUT2D eigenvalue weighted by atomic mass is 10.0. The molecule has 0 aromatic rings. The summed E-state index contributed by atoms with van der Waals surface area (Å²) >= 11 is 0. The van der Waals surface area contributed by atoms with Gasteiger partial charge in [-0.1, -0.05) is 11.6 Å². The van der Waals surface area contributed by atoms with Crippen LogP contribution in [0.3, 0.4) is 0 Å². The van der Waals surface area contributed by atoms with Gasteiger partial charge in [0.05, 0.1) is 5.71 Å². The Balaban J connectivity index is 2.42. The normalized spacial score (nSPS) is 21.5. The first-order valence-electron chi connectivity index (χ1n) is 3.22. The molecule has 0 saturated carbocycles. The number of hydrogen-bond donors (Lipinski definition) is 0. The van der Waals surface area contributed by atoms with Gasteiger partial charge in [0.15, 0.2) is 0 Å². The van der Waals surface area contributed by atoms with Gasteiger partial charge < -0.3 is 0 Å². The molecule has 0 saturated heterocycles. The van der Waals surface area contributed by atoms with E-state index < -0.39 is 0 Å². The summed E-state index contributed by atoms with van der Waals surface area (Å²) in [4.78, 5) is 0. The third-order valence-corrected chi connectivity index (χ3v) is 1.59. The molecule has 0 N–H and O–H groups in total. The third-order valence-electron chi connectivity index (χ3n) is 1.59. The molecule has 0 aromatic heterocycles. The first-order chi connectivity index (χ1) is 4.86. The fourth-order valence-electron chi connectivity index (χ4n) is 1.03. The smallest absolute Gasteiger partial charge is 0.111 e. The van der Waals surface area contributed by atoms with E-state index in [2.05, 4.69) is 28.4 Å². The van der Waals surface area contributed by atoms with Crippen molar-refractivity contribution >= 4 is 5.71 Å². The van der Waals surface area contributed by atoms with E-state index in [-0.39, 0.29) is 0 Å². The molecular weight excluding hydrogens is 126 g/mol. The van der Waals surface area contributed by atoms with Crippen molar-refractivity contribution in [3.63, 3.8) is 0 Å². The average molecular weight is 133 g/mol. The second kappa shape index (κ2) is 1.87. The Labute approximate surface area is 58.9 Å². The van der Waals surface area contributed by atoms with Crippen molar-refractivity contribution < 1.29 is 0 Å². The van der Waals surface area contributed by atoms with E-state index in [4.69, 9.17) is 0 Å². The fraction of sp³-hybridized carbons (Fsp3) is 0.286. The van der Waals surface area contributed by atoms with Crippen LogP contribution in [0.1, 0.15) is 13.3 Å². The van der Waals surface area contributed by atoms with Crippen LogP contribution in [0.25, 0.3) is 0 Å². The van der Waals surface area contributed by atoms with Crippen LogP contribution >= 0.6 is 0 Å². The zero-order valence-corrected chi connectivity index (χ0v) is 5.70.